The Kier molecular flexibility index (Phi) is 3.85. The summed E-state index contributed by atoms with van der Waals surface area (Å²) in [6, 6.07) is 7.65. The van der Waals surface area contributed by atoms with Crippen LogP contribution in [-0.2, 0) is 16.4 Å². The van der Waals surface area contributed by atoms with Crippen LogP contribution in [0.25, 0.3) is 11.3 Å². The summed E-state index contributed by atoms with van der Waals surface area (Å²) in [6.07, 6.45) is 1.73. The van der Waals surface area contributed by atoms with Crippen molar-refractivity contribution in [2.24, 2.45) is 11.8 Å². The summed E-state index contributed by atoms with van der Waals surface area (Å²) < 4.78 is 34.3. The lowest BCUT2D eigenvalue weighted by atomic mass is 10.0. The zero-order valence-corrected chi connectivity index (χ0v) is 14.3. The van der Waals surface area contributed by atoms with E-state index in [2.05, 4.69) is 9.88 Å². The number of sulfone groups is 1. The number of methoxy groups -OCH3 is 1. The van der Waals surface area contributed by atoms with Gasteiger partial charge in [-0.15, -0.1) is 0 Å². The van der Waals surface area contributed by atoms with Gasteiger partial charge in [0.1, 0.15) is 5.75 Å². The van der Waals surface area contributed by atoms with Gasteiger partial charge in [-0.3, -0.25) is 4.90 Å². The van der Waals surface area contributed by atoms with E-state index in [1.54, 1.807) is 13.3 Å². The van der Waals surface area contributed by atoms with Crippen LogP contribution in [0.1, 0.15) is 5.89 Å². The molecule has 6 nitrogen and oxygen atoms in total. The topological polar surface area (TPSA) is 72.6 Å². The molecule has 3 heterocycles. The molecular formula is C17H20N2O4S. The van der Waals surface area contributed by atoms with Gasteiger partial charge < -0.3 is 9.15 Å². The second-order valence-corrected chi connectivity index (χ2v) is 8.79. The average Bonchev–Trinajstić information content (AvgIpc) is 3.21. The normalized spacial score (nSPS) is 25.7. The lowest BCUT2D eigenvalue weighted by Gasteiger charge is -2.14. The van der Waals surface area contributed by atoms with Gasteiger partial charge in [-0.25, -0.2) is 13.4 Å². The molecule has 2 saturated heterocycles. The third kappa shape index (κ3) is 3.06. The standard InChI is InChI=1S/C17H20N2O4S/c1-22-15-4-2-12(3-5-15)16-6-18-17(23-16)9-19-7-13-10-24(20,21)11-14(13)8-19/h2-6,13-14H,7-11H2,1H3/t13-,14+. The minimum absolute atomic E-state index is 0.269. The van der Waals surface area contributed by atoms with E-state index >= 15 is 0 Å². The zero-order chi connectivity index (χ0) is 16.7. The summed E-state index contributed by atoms with van der Waals surface area (Å²) >= 11 is 0. The third-order valence-electron chi connectivity index (χ3n) is 4.88. The molecule has 24 heavy (non-hydrogen) atoms. The molecule has 0 unspecified atom stereocenters. The summed E-state index contributed by atoms with van der Waals surface area (Å²) in [7, 11) is -1.18. The molecule has 0 radical (unpaired) electrons. The van der Waals surface area contributed by atoms with Gasteiger partial charge in [0, 0.05) is 18.7 Å². The zero-order valence-electron chi connectivity index (χ0n) is 13.5. The molecule has 0 amide bonds. The maximum Gasteiger partial charge on any atom is 0.209 e. The average molecular weight is 348 g/mol. The molecular weight excluding hydrogens is 328 g/mol. The molecule has 128 valence electrons. The first-order chi connectivity index (χ1) is 11.5. The van der Waals surface area contributed by atoms with Crippen molar-refractivity contribution in [2.75, 3.05) is 31.7 Å². The Morgan fingerprint density at radius 2 is 1.88 bits per heavy atom. The number of likely N-dealkylation sites (tertiary alicyclic amines) is 1. The van der Waals surface area contributed by atoms with Crippen molar-refractivity contribution in [1.82, 2.24) is 9.88 Å². The van der Waals surface area contributed by atoms with Crippen LogP contribution in [0.5, 0.6) is 5.75 Å². The number of fused-ring (bicyclic) bond motifs is 1. The Balaban J connectivity index is 1.41. The van der Waals surface area contributed by atoms with E-state index in [0.717, 1.165) is 30.2 Å². The second kappa shape index (κ2) is 5.89. The molecule has 1 aromatic heterocycles. The Morgan fingerprint density at radius 3 is 2.50 bits per heavy atom. The highest BCUT2D eigenvalue weighted by atomic mass is 32.2. The van der Waals surface area contributed by atoms with Crippen LogP contribution in [0.3, 0.4) is 0 Å². The van der Waals surface area contributed by atoms with Crippen LogP contribution in [0.2, 0.25) is 0 Å². The van der Waals surface area contributed by atoms with E-state index in [1.165, 1.54) is 0 Å². The second-order valence-electron chi connectivity index (χ2n) is 6.64. The van der Waals surface area contributed by atoms with Crippen molar-refractivity contribution in [1.29, 1.82) is 0 Å². The highest BCUT2D eigenvalue weighted by Crippen LogP contribution is 2.33. The summed E-state index contributed by atoms with van der Waals surface area (Å²) in [5.74, 6) is 3.40. The van der Waals surface area contributed by atoms with Crippen molar-refractivity contribution < 1.29 is 17.6 Å². The first kappa shape index (κ1) is 15.7. The summed E-state index contributed by atoms with van der Waals surface area (Å²) in [5, 5.41) is 0. The quantitative estimate of drug-likeness (QED) is 0.839. The number of aromatic nitrogens is 1. The molecule has 2 atom stereocenters. The Labute approximate surface area is 141 Å². The molecule has 0 saturated carbocycles. The fourth-order valence-electron chi connectivity index (χ4n) is 3.73. The lowest BCUT2D eigenvalue weighted by Crippen LogP contribution is -2.24. The van der Waals surface area contributed by atoms with Gasteiger partial charge in [-0.1, -0.05) is 0 Å². The van der Waals surface area contributed by atoms with Gasteiger partial charge >= 0.3 is 0 Å². The maximum atomic E-state index is 11.7. The SMILES string of the molecule is COc1ccc(-c2cnc(CN3C[C@@H]4CS(=O)(=O)C[C@@H]4C3)o2)cc1. The summed E-state index contributed by atoms with van der Waals surface area (Å²) in [6.45, 7) is 2.25. The van der Waals surface area contributed by atoms with Gasteiger partial charge in [0.2, 0.25) is 5.89 Å². The third-order valence-corrected chi connectivity index (χ3v) is 6.75. The fraction of sp³-hybridized carbons (Fsp3) is 0.471. The minimum Gasteiger partial charge on any atom is -0.497 e. The molecule has 0 bridgehead atoms. The number of hydrogen-bond acceptors (Lipinski definition) is 6. The van der Waals surface area contributed by atoms with Gasteiger partial charge in [-0.05, 0) is 36.1 Å². The first-order valence-corrected chi connectivity index (χ1v) is 9.86. The molecule has 7 heteroatoms. The largest absolute Gasteiger partial charge is 0.497 e. The van der Waals surface area contributed by atoms with E-state index < -0.39 is 9.84 Å². The number of oxazole rings is 1. The van der Waals surface area contributed by atoms with Crippen molar-refractivity contribution in [3.05, 3.63) is 36.4 Å². The van der Waals surface area contributed by atoms with Gasteiger partial charge in [0.25, 0.3) is 0 Å². The van der Waals surface area contributed by atoms with Gasteiger partial charge in [0.05, 0.1) is 31.4 Å². The highest BCUT2D eigenvalue weighted by Gasteiger charge is 2.43. The Bertz CT molecular complexity index is 809. The smallest absolute Gasteiger partial charge is 0.209 e. The van der Waals surface area contributed by atoms with Crippen molar-refractivity contribution in [3.8, 4) is 17.1 Å². The van der Waals surface area contributed by atoms with Crippen LogP contribution in [0, 0.1) is 11.8 Å². The van der Waals surface area contributed by atoms with Gasteiger partial charge in [0.15, 0.2) is 15.6 Å². The molecule has 2 fully saturated rings. The van der Waals surface area contributed by atoms with Crippen LogP contribution in [-0.4, -0.2) is 50.0 Å². The minimum atomic E-state index is -2.82. The molecule has 2 aliphatic heterocycles. The molecule has 2 aromatic rings. The number of benzene rings is 1. The number of hydrogen-bond donors (Lipinski definition) is 0. The van der Waals surface area contributed by atoms with E-state index in [0.29, 0.717) is 23.9 Å². The predicted octanol–water partition coefficient (Wildman–Crippen LogP) is 1.83. The molecule has 0 N–H and O–H groups in total. The van der Waals surface area contributed by atoms with Crippen LogP contribution < -0.4 is 4.74 Å². The molecule has 0 spiro atoms. The number of rotatable bonds is 4. The monoisotopic (exact) mass is 348 g/mol. The number of ether oxygens (including phenoxy) is 1. The lowest BCUT2D eigenvalue weighted by molar-refractivity contribution is 0.280. The predicted molar refractivity (Wildman–Crippen MR) is 89.4 cm³/mol. The summed E-state index contributed by atoms with van der Waals surface area (Å²) in [4.78, 5) is 6.61. The van der Waals surface area contributed by atoms with E-state index in [9.17, 15) is 8.42 Å². The van der Waals surface area contributed by atoms with Crippen molar-refractivity contribution in [3.63, 3.8) is 0 Å². The van der Waals surface area contributed by atoms with Crippen LogP contribution >= 0.6 is 0 Å². The molecule has 4 rings (SSSR count). The number of nitrogens with zero attached hydrogens (tertiary/aromatic N) is 2. The first-order valence-electron chi connectivity index (χ1n) is 8.04. The van der Waals surface area contributed by atoms with Crippen LogP contribution in [0.15, 0.2) is 34.9 Å². The van der Waals surface area contributed by atoms with E-state index in [-0.39, 0.29) is 11.8 Å². The highest BCUT2D eigenvalue weighted by molar-refractivity contribution is 7.91. The van der Waals surface area contributed by atoms with Crippen molar-refractivity contribution in [2.45, 2.75) is 6.54 Å². The Morgan fingerprint density at radius 1 is 1.21 bits per heavy atom. The van der Waals surface area contributed by atoms with E-state index in [4.69, 9.17) is 9.15 Å². The molecule has 0 aliphatic carbocycles. The van der Waals surface area contributed by atoms with E-state index in [1.807, 2.05) is 24.3 Å². The summed E-state index contributed by atoms with van der Waals surface area (Å²) in [5.41, 5.74) is 0.957. The fourth-order valence-corrected chi connectivity index (χ4v) is 5.92. The van der Waals surface area contributed by atoms with Crippen LogP contribution in [0.4, 0.5) is 0 Å². The van der Waals surface area contributed by atoms with Crippen molar-refractivity contribution >= 4 is 9.84 Å². The Hall–Kier alpha value is -1.86. The maximum absolute atomic E-state index is 11.7. The molecule has 2 aliphatic rings. The molecule has 1 aromatic carbocycles. The van der Waals surface area contributed by atoms with Gasteiger partial charge in [-0.2, -0.15) is 0 Å².